The number of aliphatic hydroxyl groups is 1. The number of aliphatic hydroxyl groups excluding tert-OH is 1. The molecule has 7 heteroatoms. The third-order valence-electron chi connectivity index (χ3n) is 3.65. The van der Waals surface area contributed by atoms with Crippen LogP contribution in [0.25, 0.3) is 0 Å². The molecular formula is C17H17Cl3N2O2. The van der Waals surface area contributed by atoms with Crippen molar-refractivity contribution >= 4 is 46.3 Å². The second-order valence-electron chi connectivity index (χ2n) is 5.44. The predicted octanol–water partition coefficient (Wildman–Crippen LogP) is 3.65. The maximum atomic E-state index is 12.4. The molecule has 2 rings (SSSR count). The van der Waals surface area contributed by atoms with E-state index in [0.717, 1.165) is 5.69 Å². The summed E-state index contributed by atoms with van der Waals surface area (Å²) in [6.07, 6.45) is -1.05. The zero-order valence-corrected chi connectivity index (χ0v) is 15.2. The highest BCUT2D eigenvalue weighted by Gasteiger charge is 2.25. The highest BCUT2D eigenvalue weighted by atomic mass is 35.5. The number of carbonyl (C=O) groups excluding carboxylic acids is 1. The van der Waals surface area contributed by atoms with Crippen LogP contribution in [0, 0.1) is 0 Å². The molecule has 0 saturated carbocycles. The van der Waals surface area contributed by atoms with Crippen molar-refractivity contribution in [1.29, 1.82) is 0 Å². The fraction of sp³-hybridized carbons (Fsp3) is 0.235. The van der Waals surface area contributed by atoms with Crippen molar-refractivity contribution in [1.82, 2.24) is 0 Å². The van der Waals surface area contributed by atoms with Crippen molar-refractivity contribution in [3.05, 3.63) is 63.1 Å². The molecule has 0 radical (unpaired) electrons. The van der Waals surface area contributed by atoms with Crippen LogP contribution in [0.1, 0.15) is 10.4 Å². The number of likely N-dealkylation sites (N-methyl/N-ethyl adjacent to an activating group) is 1. The molecule has 0 saturated heterocycles. The molecule has 3 N–H and O–H groups in total. The first kappa shape index (κ1) is 19.0. The average molecular weight is 388 g/mol. The molecule has 0 aromatic heterocycles. The quantitative estimate of drug-likeness (QED) is 0.742. The largest absolute Gasteiger partial charge is 0.389 e. The van der Waals surface area contributed by atoms with E-state index in [1.54, 1.807) is 24.1 Å². The van der Waals surface area contributed by atoms with Gasteiger partial charge in [-0.25, -0.2) is 0 Å². The molecule has 0 aliphatic carbocycles. The Labute approximate surface area is 155 Å². The SMILES string of the molecule is CN(CC(O)C(N)C(=O)c1ccc(Cl)c(Cl)c1)c1ccc(Cl)cc1. The van der Waals surface area contributed by atoms with Crippen LogP contribution in [0.2, 0.25) is 15.1 Å². The number of anilines is 1. The Morgan fingerprint density at radius 2 is 1.75 bits per heavy atom. The monoisotopic (exact) mass is 386 g/mol. The summed E-state index contributed by atoms with van der Waals surface area (Å²) in [4.78, 5) is 14.2. The van der Waals surface area contributed by atoms with Gasteiger partial charge in [0.25, 0.3) is 0 Å². The molecular weight excluding hydrogens is 371 g/mol. The number of carbonyl (C=O) groups is 1. The summed E-state index contributed by atoms with van der Waals surface area (Å²) in [7, 11) is 1.79. The van der Waals surface area contributed by atoms with E-state index < -0.39 is 17.9 Å². The van der Waals surface area contributed by atoms with E-state index in [2.05, 4.69) is 0 Å². The van der Waals surface area contributed by atoms with Crippen molar-refractivity contribution in [2.75, 3.05) is 18.5 Å². The van der Waals surface area contributed by atoms with Crippen molar-refractivity contribution in [3.63, 3.8) is 0 Å². The number of hydrogen-bond donors (Lipinski definition) is 2. The number of halogens is 3. The van der Waals surface area contributed by atoms with Gasteiger partial charge >= 0.3 is 0 Å². The molecule has 0 aliphatic rings. The minimum atomic E-state index is -1.07. The normalized spacial score (nSPS) is 13.4. The minimum Gasteiger partial charge on any atom is -0.389 e. The Bertz CT molecular complexity index is 722. The van der Waals surface area contributed by atoms with Gasteiger partial charge in [0.1, 0.15) is 0 Å². The van der Waals surface area contributed by atoms with Crippen LogP contribution < -0.4 is 10.6 Å². The van der Waals surface area contributed by atoms with E-state index in [4.69, 9.17) is 40.5 Å². The lowest BCUT2D eigenvalue weighted by Gasteiger charge is -2.25. The molecule has 0 heterocycles. The van der Waals surface area contributed by atoms with Gasteiger partial charge in [0.15, 0.2) is 5.78 Å². The number of benzene rings is 2. The lowest BCUT2D eigenvalue weighted by molar-refractivity contribution is 0.0830. The zero-order chi connectivity index (χ0) is 17.9. The lowest BCUT2D eigenvalue weighted by atomic mass is 10.00. The van der Waals surface area contributed by atoms with Gasteiger partial charge in [0.05, 0.1) is 22.2 Å². The highest BCUT2D eigenvalue weighted by Crippen LogP contribution is 2.23. The maximum absolute atomic E-state index is 12.4. The molecule has 0 amide bonds. The molecule has 0 aliphatic heterocycles. The molecule has 0 spiro atoms. The second-order valence-corrected chi connectivity index (χ2v) is 6.69. The van der Waals surface area contributed by atoms with Crippen LogP contribution in [0.4, 0.5) is 5.69 Å². The highest BCUT2D eigenvalue weighted by molar-refractivity contribution is 6.42. The van der Waals surface area contributed by atoms with E-state index >= 15 is 0 Å². The molecule has 128 valence electrons. The Hall–Kier alpha value is -1.30. The predicted molar refractivity (Wildman–Crippen MR) is 99.5 cm³/mol. The van der Waals surface area contributed by atoms with Gasteiger partial charge in [0, 0.05) is 29.9 Å². The summed E-state index contributed by atoms with van der Waals surface area (Å²) >= 11 is 17.6. The molecule has 2 aromatic rings. The number of nitrogens with two attached hydrogens (primary N) is 1. The van der Waals surface area contributed by atoms with Gasteiger partial charge in [0.2, 0.25) is 0 Å². The molecule has 0 bridgehead atoms. The Morgan fingerprint density at radius 3 is 2.33 bits per heavy atom. The Morgan fingerprint density at radius 1 is 1.12 bits per heavy atom. The van der Waals surface area contributed by atoms with Gasteiger partial charge in [-0.2, -0.15) is 0 Å². The minimum absolute atomic E-state index is 0.190. The Kier molecular flexibility index (Phi) is 6.49. The van der Waals surface area contributed by atoms with Crippen LogP contribution in [-0.2, 0) is 0 Å². The zero-order valence-electron chi connectivity index (χ0n) is 12.9. The number of nitrogens with zero attached hydrogens (tertiary/aromatic N) is 1. The first-order chi connectivity index (χ1) is 11.3. The molecule has 2 aromatic carbocycles. The summed E-state index contributed by atoms with van der Waals surface area (Å²) in [6.45, 7) is 0.190. The standard InChI is InChI=1S/C17H17Cl3N2O2/c1-22(12-5-3-11(18)4-6-12)9-15(23)16(21)17(24)10-2-7-13(19)14(20)8-10/h2-8,15-16,23H,9,21H2,1H3. The topological polar surface area (TPSA) is 66.6 Å². The number of hydrogen-bond acceptors (Lipinski definition) is 4. The van der Waals surface area contributed by atoms with E-state index in [1.807, 2.05) is 12.1 Å². The molecule has 2 atom stereocenters. The van der Waals surface area contributed by atoms with Crippen LogP contribution >= 0.6 is 34.8 Å². The third kappa shape index (κ3) is 4.62. The lowest BCUT2D eigenvalue weighted by Crippen LogP contribution is -2.47. The molecule has 2 unspecified atom stereocenters. The van der Waals surface area contributed by atoms with E-state index in [1.165, 1.54) is 18.2 Å². The summed E-state index contributed by atoms with van der Waals surface area (Å²) in [5, 5.41) is 11.5. The van der Waals surface area contributed by atoms with E-state index in [0.29, 0.717) is 15.6 Å². The van der Waals surface area contributed by atoms with Crippen LogP contribution in [0.15, 0.2) is 42.5 Å². The molecule has 0 fully saturated rings. The van der Waals surface area contributed by atoms with Crippen molar-refractivity contribution in [2.24, 2.45) is 5.73 Å². The first-order valence-corrected chi connectivity index (χ1v) is 8.32. The van der Waals surface area contributed by atoms with Crippen LogP contribution in [0.3, 0.4) is 0 Å². The van der Waals surface area contributed by atoms with Gasteiger partial charge in [-0.1, -0.05) is 34.8 Å². The van der Waals surface area contributed by atoms with Crippen molar-refractivity contribution in [2.45, 2.75) is 12.1 Å². The van der Waals surface area contributed by atoms with Gasteiger partial charge in [-0.05, 0) is 42.5 Å². The smallest absolute Gasteiger partial charge is 0.182 e. The third-order valence-corrected chi connectivity index (χ3v) is 4.64. The number of rotatable bonds is 6. The van der Waals surface area contributed by atoms with Gasteiger partial charge in [-0.3, -0.25) is 4.79 Å². The fourth-order valence-electron chi connectivity index (χ4n) is 2.21. The van der Waals surface area contributed by atoms with Crippen molar-refractivity contribution in [3.8, 4) is 0 Å². The summed E-state index contributed by atoms with van der Waals surface area (Å²) < 4.78 is 0. The Balaban J connectivity index is 2.05. The van der Waals surface area contributed by atoms with Crippen LogP contribution in [-0.4, -0.2) is 36.6 Å². The maximum Gasteiger partial charge on any atom is 0.182 e. The first-order valence-electron chi connectivity index (χ1n) is 7.19. The molecule has 4 nitrogen and oxygen atoms in total. The van der Waals surface area contributed by atoms with E-state index in [9.17, 15) is 9.90 Å². The fourth-order valence-corrected chi connectivity index (χ4v) is 2.64. The van der Waals surface area contributed by atoms with E-state index in [-0.39, 0.29) is 11.6 Å². The van der Waals surface area contributed by atoms with Crippen molar-refractivity contribution < 1.29 is 9.90 Å². The second kappa shape index (κ2) is 8.19. The average Bonchev–Trinajstić information content (AvgIpc) is 2.56. The summed E-state index contributed by atoms with van der Waals surface area (Å²) in [5.74, 6) is -0.398. The molecule has 24 heavy (non-hydrogen) atoms. The number of Topliss-reactive ketones (excluding diaryl/α,β-unsaturated/α-hetero) is 1. The van der Waals surface area contributed by atoms with Gasteiger partial charge < -0.3 is 15.7 Å². The van der Waals surface area contributed by atoms with Crippen LogP contribution in [0.5, 0.6) is 0 Å². The summed E-state index contributed by atoms with van der Waals surface area (Å²) in [6, 6.07) is 10.6. The number of ketones is 1. The summed E-state index contributed by atoms with van der Waals surface area (Å²) in [5.41, 5.74) is 7.07. The van der Waals surface area contributed by atoms with Gasteiger partial charge in [-0.15, -0.1) is 0 Å².